The number of aryl methyl sites for hydroxylation is 1. The Kier molecular flexibility index (Phi) is 6.32. The monoisotopic (exact) mass is 541 g/mol. The van der Waals surface area contributed by atoms with Crippen LogP contribution in [0.3, 0.4) is 0 Å². The zero-order chi connectivity index (χ0) is 28.0. The lowest BCUT2D eigenvalue weighted by molar-refractivity contribution is 0.1000. The second-order valence-corrected chi connectivity index (χ2v) is 10.6. The minimum atomic E-state index is -2.49. The van der Waals surface area contributed by atoms with Crippen LogP contribution in [0.25, 0.3) is 33.5 Å². The Bertz CT molecular complexity index is 1680. The summed E-state index contributed by atoms with van der Waals surface area (Å²) in [6.45, 7) is 5.73. The molecule has 0 radical (unpaired) electrons. The van der Waals surface area contributed by atoms with E-state index in [0.717, 1.165) is 76.8 Å². The number of nitrogens with zero attached hydrogens (tertiary/aromatic N) is 4. The molecule has 0 aliphatic carbocycles. The zero-order valence-corrected chi connectivity index (χ0v) is 22.2. The first-order valence-corrected chi connectivity index (χ1v) is 13.2. The number of anilines is 1. The number of rotatable bonds is 6. The highest BCUT2D eigenvalue weighted by molar-refractivity contribution is 5.94. The SMILES string of the molecule is Cc1nc(C2(C)CCN(c3ncnc4[nH]c(-c5ccc(C(N)=O)cc5)cc34)CC2)[nH]c1-c1ccc(C(F)F)cc1. The van der Waals surface area contributed by atoms with Gasteiger partial charge in [0, 0.05) is 35.3 Å². The molecule has 10 heteroatoms. The lowest BCUT2D eigenvalue weighted by atomic mass is 9.79. The number of halogens is 2. The second kappa shape index (κ2) is 9.86. The number of hydrogen-bond donors (Lipinski definition) is 3. The van der Waals surface area contributed by atoms with Crippen molar-refractivity contribution in [3.63, 3.8) is 0 Å². The highest BCUT2D eigenvalue weighted by Gasteiger charge is 2.36. The molecule has 6 rings (SSSR count). The number of carbonyl (C=O) groups is 1. The van der Waals surface area contributed by atoms with E-state index in [9.17, 15) is 13.6 Å². The zero-order valence-electron chi connectivity index (χ0n) is 22.2. The Balaban J connectivity index is 1.21. The number of aromatic nitrogens is 5. The van der Waals surface area contributed by atoms with E-state index in [1.54, 1.807) is 30.6 Å². The summed E-state index contributed by atoms with van der Waals surface area (Å²) in [6.07, 6.45) is 0.811. The number of alkyl halides is 2. The molecule has 8 nitrogen and oxygen atoms in total. The Hall–Kier alpha value is -4.60. The third-order valence-electron chi connectivity index (χ3n) is 7.96. The highest BCUT2D eigenvalue weighted by atomic mass is 19.3. The predicted octanol–water partition coefficient (Wildman–Crippen LogP) is 5.92. The van der Waals surface area contributed by atoms with Crippen molar-refractivity contribution in [3.8, 4) is 22.5 Å². The average Bonchev–Trinajstić information content (AvgIpc) is 3.58. The van der Waals surface area contributed by atoms with Gasteiger partial charge in [-0.2, -0.15) is 0 Å². The molecule has 0 saturated carbocycles. The van der Waals surface area contributed by atoms with Crippen LogP contribution in [-0.2, 0) is 5.41 Å². The van der Waals surface area contributed by atoms with Gasteiger partial charge in [-0.25, -0.2) is 23.7 Å². The van der Waals surface area contributed by atoms with E-state index < -0.39 is 12.3 Å². The van der Waals surface area contributed by atoms with Crippen molar-refractivity contribution in [2.45, 2.75) is 38.5 Å². The molecule has 3 aromatic heterocycles. The number of fused-ring (bicyclic) bond motifs is 1. The minimum absolute atomic E-state index is 0.00911. The van der Waals surface area contributed by atoms with Crippen LogP contribution in [0, 0.1) is 6.92 Å². The van der Waals surface area contributed by atoms with Crippen LogP contribution < -0.4 is 10.6 Å². The van der Waals surface area contributed by atoms with Crippen molar-refractivity contribution >= 4 is 22.8 Å². The fourth-order valence-corrected chi connectivity index (χ4v) is 5.42. The van der Waals surface area contributed by atoms with Gasteiger partial charge in [0.1, 0.15) is 23.6 Å². The summed E-state index contributed by atoms with van der Waals surface area (Å²) in [4.78, 5) is 34.5. The third kappa shape index (κ3) is 4.59. The Morgan fingerprint density at radius 1 is 1.00 bits per heavy atom. The average molecular weight is 542 g/mol. The first-order valence-electron chi connectivity index (χ1n) is 13.2. The molecule has 1 saturated heterocycles. The van der Waals surface area contributed by atoms with Gasteiger partial charge in [-0.05, 0) is 49.1 Å². The van der Waals surface area contributed by atoms with Gasteiger partial charge in [0.25, 0.3) is 6.43 Å². The Labute approximate surface area is 229 Å². The van der Waals surface area contributed by atoms with Crippen molar-refractivity contribution in [2.75, 3.05) is 18.0 Å². The molecule has 1 fully saturated rings. The lowest BCUT2D eigenvalue weighted by Gasteiger charge is -2.38. The van der Waals surface area contributed by atoms with Crippen LogP contribution in [0.4, 0.5) is 14.6 Å². The molecule has 1 aliphatic heterocycles. The molecule has 4 heterocycles. The molecular weight excluding hydrogens is 512 g/mol. The summed E-state index contributed by atoms with van der Waals surface area (Å²) in [5, 5.41) is 0.934. The van der Waals surface area contributed by atoms with Crippen molar-refractivity contribution < 1.29 is 13.6 Å². The van der Waals surface area contributed by atoms with E-state index in [1.165, 1.54) is 12.1 Å². The maximum atomic E-state index is 13.0. The molecule has 4 N–H and O–H groups in total. The number of primary amides is 1. The number of nitrogens with two attached hydrogens (primary N) is 1. The van der Waals surface area contributed by atoms with Crippen molar-refractivity contribution in [2.24, 2.45) is 5.73 Å². The van der Waals surface area contributed by atoms with Crippen LogP contribution in [0.15, 0.2) is 60.9 Å². The number of aromatic amines is 2. The summed E-state index contributed by atoms with van der Waals surface area (Å²) < 4.78 is 26.0. The Morgan fingerprint density at radius 2 is 1.68 bits per heavy atom. The summed E-state index contributed by atoms with van der Waals surface area (Å²) in [7, 11) is 0. The van der Waals surface area contributed by atoms with E-state index >= 15 is 0 Å². The lowest BCUT2D eigenvalue weighted by Crippen LogP contribution is -2.42. The molecule has 5 aromatic rings. The Morgan fingerprint density at radius 3 is 2.33 bits per heavy atom. The summed E-state index contributed by atoms with van der Waals surface area (Å²) in [5.41, 5.74) is 10.8. The van der Waals surface area contributed by atoms with Crippen molar-refractivity contribution in [1.29, 1.82) is 0 Å². The topological polar surface area (TPSA) is 117 Å². The summed E-state index contributed by atoms with van der Waals surface area (Å²) >= 11 is 0. The van der Waals surface area contributed by atoms with Crippen LogP contribution in [0.2, 0.25) is 0 Å². The van der Waals surface area contributed by atoms with Gasteiger partial charge in [0.15, 0.2) is 0 Å². The number of piperidine rings is 1. The van der Waals surface area contributed by atoms with E-state index in [0.29, 0.717) is 5.56 Å². The number of carbonyl (C=O) groups excluding carboxylic acids is 1. The largest absolute Gasteiger partial charge is 0.366 e. The normalized spacial score (nSPS) is 15.2. The molecule has 0 bridgehead atoms. The van der Waals surface area contributed by atoms with Gasteiger partial charge in [0.2, 0.25) is 5.91 Å². The molecule has 40 heavy (non-hydrogen) atoms. The smallest absolute Gasteiger partial charge is 0.263 e. The molecule has 1 amide bonds. The number of imidazole rings is 1. The van der Waals surface area contributed by atoms with Crippen LogP contribution >= 0.6 is 0 Å². The quantitative estimate of drug-likeness (QED) is 0.247. The number of hydrogen-bond acceptors (Lipinski definition) is 5. The van der Waals surface area contributed by atoms with Crippen LogP contribution in [0.1, 0.15) is 53.6 Å². The van der Waals surface area contributed by atoms with Gasteiger partial charge < -0.3 is 20.6 Å². The number of nitrogens with one attached hydrogen (secondary N) is 2. The van der Waals surface area contributed by atoms with Crippen molar-refractivity contribution in [3.05, 3.63) is 83.6 Å². The second-order valence-electron chi connectivity index (χ2n) is 10.6. The van der Waals surface area contributed by atoms with Crippen molar-refractivity contribution in [1.82, 2.24) is 24.9 Å². The van der Waals surface area contributed by atoms with Gasteiger partial charge in [-0.15, -0.1) is 0 Å². The third-order valence-corrected chi connectivity index (χ3v) is 7.96. The van der Waals surface area contributed by atoms with Crippen LogP contribution in [0.5, 0.6) is 0 Å². The number of benzene rings is 2. The molecule has 0 unspecified atom stereocenters. The van der Waals surface area contributed by atoms with E-state index in [1.807, 2.05) is 25.1 Å². The van der Waals surface area contributed by atoms with E-state index in [2.05, 4.69) is 31.8 Å². The molecule has 0 spiro atoms. The highest BCUT2D eigenvalue weighted by Crippen LogP contribution is 2.38. The van der Waals surface area contributed by atoms with Gasteiger partial charge in [-0.1, -0.05) is 43.3 Å². The van der Waals surface area contributed by atoms with E-state index in [-0.39, 0.29) is 11.0 Å². The number of H-pyrrole nitrogens is 2. The molecule has 204 valence electrons. The number of amides is 1. The van der Waals surface area contributed by atoms with Gasteiger partial charge in [-0.3, -0.25) is 4.79 Å². The molecule has 2 aromatic carbocycles. The predicted molar refractivity (Wildman–Crippen MR) is 150 cm³/mol. The summed E-state index contributed by atoms with van der Waals surface area (Å²) in [5.74, 6) is 1.32. The van der Waals surface area contributed by atoms with Crippen LogP contribution in [-0.4, -0.2) is 43.9 Å². The fourth-order valence-electron chi connectivity index (χ4n) is 5.42. The summed E-state index contributed by atoms with van der Waals surface area (Å²) in [6, 6.07) is 15.5. The maximum absolute atomic E-state index is 13.0. The maximum Gasteiger partial charge on any atom is 0.263 e. The first-order chi connectivity index (χ1) is 19.2. The van der Waals surface area contributed by atoms with Gasteiger partial charge in [0.05, 0.1) is 16.8 Å². The minimum Gasteiger partial charge on any atom is -0.366 e. The first kappa shape index (κ1) is 25.7. The van der Waals surface area contributed by atoms with E-state index in [4.69, 9.17) is 10.7 Å². The fraction of sp³-hybridized carbons (Fsp3) is 0.267. The van der Waals surface area contributed by atoms with Gasteiger partial charge >= 0.3 is 0 Å². The molecule has 1 aliphatic rings. The molecular formula is C30H29F2N7O. The molecule has 0 atom stereocenters. The standard InChI is InChI=1S/C30H29F2N7O/c1-17-24(19-5-7-20(8-6-19)25(31)32)38-29(36-17)30(2)11-13-39(14-12-30)28-22-15-23(37-27(22)34-16-35-28)18-3-9-21(10-4-18)26(33)40/h3-10,15-16,25H,11-14H2,1-2H3,(H2,33,40)(H,36,38)(H,34,35,37).